The van der Waals surface area contributed by atoms with E-state index in [1.807, 2.05) is 7.05 Å². The molecule has 0 spiro atoms. The van der Waals surface area contributed by atoms with Crippen molar-refractivity contribution in [2.45, 2.75) is 26.7 Å². The minimum atomic E-state index is 0.681. The molecule has 0 aliphatic carbocycles. The first-order chi connectivity index (χ1) is 7.71. The molecular weight excluding hydrogens is 198 g/mol. The highest BCUT2D eigenvalue weighted by molar-refractivity contribution is 5.37. The summed E-state index contributed by atoms with van der Waals surface area (Å²) in [5.74, 6) is 1.70. The van der Waals surface area contributed by atoms with Gasteiger partial charge in [0.05, 0.1) is 7.11 Å². The molecule has 0 heterocycles. The smallest absolute Gasteiger partial charge is 0.122 e. The second kappa shape index (κ2) is 6.54. The predicted molar refractivity (Wildman–Crippen MR) is 69.1 cm³/mol. The van der Waals surface area contributed by atoms with Crippen LogP contribution in [-0.4, -0.2) is 20.7 Å². The molecule has 90 valence electrons. The van der Waals surface area contributed by atoms with Gasteiger partial charge in [-0.25, -0.2) is 0 Å². The van der Waals surface area contributed by atoms with Crippen molar-refractivity contribution in [1.82, 2.24) is 5.32 Å². The molecule has 0 amide bonds. The first-order valence-electron chi connectivity index (χ1n) is 5.99. The molecule has 2 nitrogen and oxygen atoms in total. The first-order valence-corrected chi connectivity index (χ1v) is 5.99. The van der Waals surface area contributed by atoms with Gasteiger partial charge in [0.2, 0.25) is 0 Å². The Kier molecular flexibility index (Phi) is 5.33. The van der Waals surface area contributed by atoms with Crippen molar-refractivity contribution in [2.24, 2.45) is 5.92 Å². The van der Waals surface area contributed by atoms with E-state index in [-0.39, 0.29) is 0 Å². The van der Waals surface area contributed by atoms with Crippen molar-refractivity contribution in [3.63, 3.8) is 0 Å². The van der Waals surface area contributed by atoms with Gasteiger partial charge >= 0.3 is 0 Å². The molecule has 0 saturated heterocycles. The van der Waals surface area contributed by atoms with E-state index >= 15 is 0 Å². The van der Waals surface area contributed by atoms with Crippen LogP contribution in [0.3, 0.4) is 0 Å². The maximum Gasteiger partial charge on any atom is 0.122 e. The molecule has 1 unspecified atom stereocenters. The molecule has 1 N–H and O–H groups in total. The highest BCUT2D eigenvalue weighted by atomic mass is 16.5. The Balaban J connectivity index is 2.80. The lowest BCUT2D eigenvalue weighted by molar-refractivity contribution is 0.400. The minimum absolute atomic E-state index is 0.681. The number of benzene rings is 1. The van der Waals surface area contributed by atoms with Crippen molar-refractivity contribution in [3.05, 3.63) is 29.3 Å². The third kappa shape index (κ3) is 3.53. The van der Waals surface area contributed by atoms with Crippen LogP contribution in [0, 0.1) is 12.8 Å². The van der Waals surface area contributed by atoms with E-state index < -0.39 is 0 Å². The van der Waals surface area contributed by atoms with E-state index in [4.69, 9.17) is 4.74 Å². The maximum absolute atomic E-state index is 5.40. The average molecular weight is 221 g/mol. The molecule has 0 aromatic heterocycles. The van der Waals surface area contributed by atoms with Crippen molar-refractivity contribution in [1.29, 1.82) is 0 Å². The number of nitrogens with one attached hydrogen (secondary N) is 1. The third-order valence-electron chi connectivity index (χ3n) is 3.01. The van der Waals surface area contributed by atoms with Crippen LogP contribution >= 0.6 is 0 Å². The standard InChI is InChI=1S/C14H23NO/c1-5-12(10-15-3)9-13-8-11(2)6-7-14(13)16-4/h6-8,12,15H,5,9-10H2,1-4H3. The number of ether oxygens (including phenoxy) is 1. The van der Waals surface area contributed by atoms with E-state index in [1.165, 1.54) is 17.5 Å². The van der Waals surface area contributed by atoms with Crippen molar-refractivity contribution in [3.8, 4) is 5.75 Å². The molecule has 1 atom stereocenters. The van der Waals surface area contributed by atoms with Gasteiger partial charge in [-0.3, -0.25) is 0 Å². The summed E-state index contributed by atoms with van der Waals surface area (Å²) in [6.45, 7) is 5.43. The van der Waals surface area contributed by atoms with Crippen molar-refractivity contribution >= 4 is 0 Å². The lowest BCUT2D eigenvalue weighted by Gasteiger charge is -2.16. The molecule has 0 bridgehead atoms. The van der Waals surface area contributed by atoms with Gasteiger partial charge in [-0.2, -0.15) is 0 Å². The Morgan fingerprint density at radius 3 is 2.69 bits per heavy atom. The number of methoxy groups -OCH3 is 1. The molecule has 1 aromatic carbocycles. The van der Waals surface area contributed by atoms with E-state index in [0.717, 1.165) is 18.7 Å². The summed E-state index contributed by atoms with van der Waals surface area (Å²) in [6.07, 6.45) is 2.28. The van der Waals surface area contributed by atoms with Crippen molar-refractivity contribution < 1.29 is 4.74 Å². The summed E-state index contributed by atoms with van der Waals surface area (Å²) in [5.41, 5.74) is 2.62. The topological polar surface area (TPSA) is 21.3 Å². The quantitative estimate of drug-likeness (QED) is 0.797. The van der Waals surface area contributed by atoms with Crippen LogP contribution in [0.4, 0.5) is 0 Å². The van der Waals surface area contributed by atoms with Crippen LogP contribution in [-0.2, 0) is 6.42 Å². The summed E-state index contributed by atoms with van der Waals surface area (Å²) in [6, 6.07) is 6.40. The molecule has 16 heavy (non-hydrogen) atoms. The largest absolute Gasteiger partial charge is 0.496 e. The van der Waals surface area contributed by atoms with Gasteiger partial charge in [-0.1, -0.05) is 31.0 Å². The third-order valence-corrected chi connectivity index (χ3v) is 3.01. The lowest BCUT2D eigenvalue weighted by atomic mass is 9.95. The van der Waals surface area contributed by atoms with E-state index in [2.05, 4.69) is 37.4 Å². The zero-order valence-corrected chi connectivity index (χ0v) is 10.8. The normalized spacial score (nSPS) is 12.5. The number of rotatable bonds is 6. The molecule has 0 aliphatic heterocycles. The molecule has 0 saturated carbocycles. The summed E-state index contributed by atoms with van der Waals surface area (Å²) in [5, 5.41) is 3.25. The molecule has 2 heteroatoms. The zero-order chi connectivity index (χ0) is 12.0. The molecule has 0 aliphatic rings. The Bertz CT molecular complexity index is 323. The predicted octanol–water partition coefficient (Wildman–Crippen LogP) is 2.79. The van der Waals surface area contributed by atoms with Crippen LogP contribution in [0.5, 0.6) is 5.75 Å². The Hall–Kier alpha value is -1.02. The summed E-state index contributed by atoms with van der Waals surface area (Å²) < 4.78 is 5.40. The minimum Gasteiger partial charge on any atom is -0.496 e. The zero-order valence-electron chi connectivity index (χ0n) is 10.8. The average Bonchev–Trinajstić information content (AvgIpc) is 2.29. The number of hydrogen-bond acceptors (Lipinski definition) is 2. The fraction of sp³-hybridized carbons (Fsp3) is 0.571. The second-order valence-corrected chi connectivity index (χ2v) is 4.35. The highest BCUT2D eigenvalue weighted by Crippen LogP contribution is 2.23. The first kappa shape index (κ1) is 13.0. The SMILES string of the molecule is CCC(CNC)Cc1cc(C)ccc1OC. The van der Waals surface area contributed by atoms with Crippen molar-refractivity contribution in [2.75, 3.05) is 20.7 Å². The van der Waals surface area contributed by atoms with Crippen LogP contribution in [0.15, 0.2) is 18.2 Å². The van der Waals surface area contributed by atoms with E-state index in [1.54, 1.807) is 7.11 Å². The van der Waals surface area contributed by atoms with Gasteiger partial charge < -0.3 is 10.1 Å². The van der Waals surface area contributed by atoms with Crippen LogP contribution in [0.2, 0.25) is 0 Å². The Labute approximate surface area is 99.0 Å². The van der Waals surface area contributed by atoms with Crippen LogP contribution in [0.25, 0.3) is 0 Å². The van der Waals surface area contributed by atoms with Crippen LogP contribution < -0.4 is 10.1 Å². The lowest BCUT2D eigenvalue weighted by Crippen LogP contribution is -2.20. The molecule has 0 radical (unpaired) electrons. The van der Waals surface area contributed by atoms with Gasteiger partial charge in [0.15, 0.2) is 0 Å². The summed E-state index contributed by atoms with van der Waals surface area (Å²) in [7, 11) is 3.75. The van der Waals surface area contributed by atoms with E-state index in [0.29, 0.717) is 5.92 Å². The monoisotopic (exact) mass is 221 g/mol. The Morgan fingerprint density at radius 1 is 1.38 bits per heavy atom. The molecule has 1 aromatic rings. The molecular formula is C14H23NO. The summed E-state index contributed by atoms with van der Waals surface area (Å²) >= 11 is 0. The van der Waals surface area contributed by atoms with Gasteiger partial charge in [0.1, 0.15) is 5.75 Å². The fourth-order valence-corrected chi connectivity index (χ4v) is 2.03. The summed E-state index contributed by atoms with van der Waals surface area (Å²) in [4.78, 5) is 0. The highest BCUT2D eigenvalue weighted by Gasteiger charge is 2.10. The molecule has 1 rings (SSSR count). The van der Waals surface area contributed by atoms with Gasteiger partial charge in [0, 0.05) is 0 Å². The van der Waals surface area contributed by atoms with Gasteiger partial charge in [0.25, 0.3) is 0 Å². The number of aryl methyl sites for hydroxylation is 1. The fourth-order valence-electron chi connectivity index (χ4n) is 2.03. The molecule has 0 fully saturated rings. The van der Waals surface area contributed by atoms with Crippen LogP contribution in [0.1, 0.15) is 24.5 Å². The maximum atomic E-state index is 5.40. The number of hydrogen-bond donors (Lipinski definition) is 1. The Morgan fingerprint density at radius 2 is 2.12 bits per heavy atom. The van der Waals surface area contributed by atoms with Gasteiger partial charge in [-0.05, 0) is 44.5 Å². The second-order valence-electron chi connectivity index (χ2n) is 4.35. The van der Waals surface area contributed by atoms with E-state index in [9.17, 15) is 0 Å². The van der Waals surface area contributed by atoms with Gasteiger partial charge in [-0.15, -0.1) is 0 Å².